The van der Waals surface area contributed by atoms with Crippen LogP contribution in [0.3, 0.4) is 0 Å². The van der Waals surface area contributed by atoms with Crippen molar-refractivity contribution in [2.75, 3.05) is 0 Å². The monoisotopic (exact) mass is 323 g/mol. The van der Waals surface area contributed by atoms with Crippen molar-refractivity contribution in [1.82, 2.24) is 0 Å². The second kappa shape index (κ2) is 5.99. The van der Waals surface area contributed by atoms with E-state index in [0.29, 0.717) is 5.92 Å². The summed E-state index contributed by atoms with van der Waals surface area (Å²) in [5.74, 6) is 0.485. The fourth-order valence-corrected chi connectivity index (χ4v) is 3.61. The van der Waals surface area contributed by atoms with E-state index in [0.717, 1.165) is 6.42 Å². The Kier molecular flexibility index (Phi) is 4.18. The third kappa shape index (κ3) is 2.36. The highest BCUT2D eigenvalue weighted by Gasteiger charge is 2.18. The van der Waals surface area contributed by atoms with Crippen molar-refractivity contribution in [2.24, 2.45) is 11.7 Å². The molecule has 0 spiro atoms. The summed E-state index contributed by atoms with van der Waals surface area (Å²) in [6.45, 7) is 4.45. The topological polar surface area (TPSA) is 26.0 Å². The first-order chi connectivity index (χ1) is 10.7. The summed E-state index contributed by atoms with van der Waals surface area (Å²) in [7, 11) is 0. The number of rotatable bonds is 3. The summed E-state index contributed by atoms with van der Waals surface area (Å²) < 4.78 is 0. The van der Waals surface area contributed by atoms with Crippen molar-refractivity contribution in [3.8, 4) is 0 Å². The van der Waals surface area contributed by atoms with E-state index < -0.39 is 0 Å². The van der Waals surface area contributed by atoms with Gasteiger partial charge in [0.1, 0.15) is 0 Å². The zero-order valence-corrected chi connectivity index (χ0v) is 14.4. The molecule has 1 unspecified atom stereocenters. The zero-order valence-electron chi connectivity index (χ0n) is 13.5. The van der Waals surface area contributed by atoms with Crippen LogP contribution in [0, 0.1) is 5.92 Å². The van der Waals surface area contributed by atoms with E-state index in [1.165, 1.54) is 37.9 Å². The van der Waals surface area contributed by atoms with Crippen LogP contribution in [0.15, 0.2) is 54.6 Å². The van der Waals surface area contributed by atoms with Gasteiger partial charge in [0.15, 0.2) is 0 Å². The van der Waals surface area contributed by atoms with Gasteiger partial charge in [-0.3, -0.25) is 0 Å². The zero-order chi connectivity index (χ0) is 15.3. The highest BCUT2D eigenvalue weighted by molar-refractivity contribution is 6.23. The molecule has 0 aliphatic rings. The third-order valence-electron chi connectivity index (χ3n) is 5.18. The predicted molar refractivity (Wildman–Crippen MR) is 104 cm³/mol. The Morgan fingerprint density at radius 3 is 2.04 bits per heavy atom. The first-order valence-corrected chi connectivity index (χ1v) is 8.12. The Morgan fingerprint density at radius 1 is 0.826 bits per heavy atom. The largest absolute Gasteiger partial charge is 0.324 e. The summed E-state index contributed by atoms with van der Waals surface area (Å²) in [6, 6.07) is 20.0. The molecule has 4 rings (SSSR count). The van der Waals surface area contributed by atoms with Crippen LogP contribution in [0.4, 0.5) is 0 Å². The number of hydrogen-bond acceptors (Lipinski definition) is 1. The Balaban J connectivity index is 0.00000156. The van der Waals surface area contributed by atoms with E-state index in [1.54, 1.807) is 0 Å². The fraction of sp³-hybridized carbons (Fsp3) is 0.238. The minimum Gasteiger partial charge on any atom is -0.324 e. The maximum atomic E-state index is 6.55. The molecule has 1 nitrogen and oxygen atoms in total. The van der Waals surface area contributed by atoms with Gasteiger partial charge in [-0.1, -0.05) is 74.9 Å². The first-order valence-electron chi connectivity index (χ1n) is 8.12. The molecule has 2 heteroatoms. The van der Waals surface area contributed by atoms with Gasteiger partial charge in [0.2, 0.25) is 0 Å². The molecule has 2 N–H and O–H groups in total. The minimum absolute atomic E-state index is 0. The molecule has 0 saturated heterocycles. The van der Waals surface area contributed by atoms with Crippen molar-refractivity contribution in [3.63, 3.8) is 0 Å². The normalized spacial score (nSPS) is 14.2. The highest BCUT2D eigenvalue weighted by Crippen LogP contribution is 2.38. The van der Waals surface area contributed by atoms with Crippen LogP contribution in [0.5, 0.6) is 0 Å². The Labute approximate surface area is 143 Å². The van der Waals surface area contributed by atoms with Gasteiger partial charge in [-0.15, -0.1) is 12.4 Å². The van der Waals surface area contributed by atoms with E-state index in [1.807, 2.05) is 0 Å². The van der Waals surface area contributed by atoms with E-state index >= 15 is 0 Å². The van der Waals surface area contributed by atoms with Gasteiger partial charge < -0.3 is 5.73 Å². The molecule has 4 aromatic carbocycles. The minimum atomic E-state index is 0. The van der Waals surface area contributed by atoms with Gasteiger partial charge >= 0.3 is 0 Å². The second-order valence-corrected chi connectivity index (χ2v) is 6.42. The van der Waals surface area contributed by atoms with Crippen LogP contribution >= 0.6 is 12.4 Å². The van der Waals surface area contributed by atoms with Crippen LogP contribution in [-0.4, -0.2) is 0 Å². The molecule has 2 atom stereocenters. The molecule has 118 valence electrons. The van der Waals surface area contributed by atoms with E-state index in [4.69, 9.17) is 5.73 Å². The molecule has 4 aromatic rings. The van der Waals surface area contributed by atoms with Crippen LogP contribution in [-0.2, 0) is 0 Å². The molecule has 0 radical (unpaired) electrons. The average molecular weight is 324 g/mol. The second-order valence-electron chi connectivity index (χ2n) is 6.42. The highest BCUT2D eigenvalue weighted by atomic mass is 35.5. The molecule has 23 heavy (non-hydrogen) atoms. The lowest BCUT2D eigenvalue weighted by Gasteiger charge is -2.22. The van der Waals surface area contributed by atoms with E-state index in [-0.39, 0.29) is 18.4 Å². The number of benzene rings is 4. The maximum Gasteiger partial charge on any atom is 0.0326 e. The molecule has 0 aliphatic carbocycles. The summed E-state index contributed by atoms with van der Waals surface area (Å²) in [5.41, 5.74) is 7.83. The van der Waals surface area contributed by atoms with Gasteiger partial charge in [-0.05, 0) is 43.8 Å². The molecule has 0 aromatic heterocycles. The van der Waals surface area contributed by atoms with Crippen molar-refractivity contribution < 1.29 is 0 Å². The Hall–Kier alpha value is -1.83. The molecule has 0 heterocycles. The molecular formula is C21H22ClN. The Bertz CT molecular complexity index is 944. The van der Waals surface area contributed by atoms with Crippen molar-refractivity contribution >= 4 is 44.7 Å². The molecule has 0 amide bonds. The lowest BCUT2D eigenvalue weighted by atomic mass is 9.86. The van der Waals surface area contributed by atoms with Gasteiger partial charge in [0, 0.05) is 6.04 Å². The number of hydrogen-bond donors (Lipinski definition) is 1. The van der Waals surface area contributed by atoms with Crippen molar-refractivity contribution in [1.29, 1.82) is 0 Å². The maximum absolute atomic E-state index is 6.55. The van der Waals surface area contributed by atoms with Crippen LogP contribution in [0.2, 0.25) is 0 Å². The van der Waals surface area contributed by atoms with Crippen molar-refractivity contribution in [2.45, 2.75) is 26.3 Å². The lowest BCUT2D eigenvalue weighted by Crippen LogP contribution is -2.18. The summed E-state index contributed by atoms with van der Waals surface area (Å²) in [5, 5.41) is 7.98. The fourth-order valence-electron chi connectivity index (χ4n) is 3.61. The van der Waals surface area contributed by atoms with Crippen molar-refractivity contribution in [3.05, 3.63) is 60.2 Å². The predicted octanol–water partition coefficient (Wildman–Crippen LogP) is 6.05. The van der Waals surface area contributed by atoms with Crippen LogP contribution in [0.1, 0.15) is 31.9 Å². The molecule has 0 fully saturated rings. The van der Waals surface area contributed by atoms with Gasteiger partial charge in [-0.2, -0.15) is 0 Å². The van der Waals surface area contributed by atoms with Crippen LogP contribution < -0.4 is 5.73 Å². The Morgan fingerprint density at radius 2 is 1.39 bits per heavy atom. The average Bonchev–Trinajstić information content (AvgIpc) is 2.58. The molecular weight excluding hydrogens is 302 g/mol. The molecule has 0 bridgehead atoms. The third-order valence-corrected chi connectivity index (χ3v) is 5.18. The van der Waals surface area contributed by atoms with Gasteiger partial charge in [-0.25, -0.2) is 0 Å². The van der Waals surface area contributed by atoms with E-state index in [9.17, 15) is 0 Å². The standard InChI is InChI=1S/C21H21N.ClH/c1-3-13(2)21(22)18-12-10-16-8-7-14-5-4-6-15-9-11-17(18)20(16)19(14)15;/h4-13,21H,3,22H2,1-2H3;1H/t13?,21-;/m1./s1. The summed E-state index contributed by atoms with van der Waals surface area (Å²) >= 11 is 0. The van der Waals surface area contributed by atoms with Crippen LogP contribution in [0.25, 0.3) is 32.3 Å². The first kappa shape index (κ1) is 16.0. The SMILES string of the molecule is CCC(C)[C@@H](N)c1ccc2ccc3cccc4ccc1c2c34.Cl. The number of halogens is 1. The molecule has 0 aliphatic heterocycles. The summed E-state index contributed by atoms with van der Waals surface area (Å²) in [6.07, 6.45) is 1.10. The van der Waals surface area contributed by atoms with Gasteiger partial charge in [0.05, 0.1) is 0 Å². The van der Waals surface area contributed by atoms with Gasteiger partial charge in [0.25, 0.3) is 0 Å². The van der Waals surface area contributed by atoms with E-state index in [2.05, 4.69) is 68.4 Å². The number of nitrogens with two attached hydrogens (primary N) is 1. The lowest BCUT2D eigenvalue weighted by molar-refractivity contribution is 0.459. The molecule has 0 saturated carbocycles. The smallest absolute Gasteiger partial charge is 0.0326 e. The quantitative estimate of drug-likeness (QED) is 0.456. The summed E-state index contributed by atoms with van der Waals surface area (Å²) in [4.78, 5) is 0.